The number of hydrogen-bond acceptors (Lipinski definition) is 1. The molecule has 2 aromatic rings. The van der Waals surface area contributed by atoms with Crippen molar-refractivity contribution in [1.82, 2.24) is 0 Å². The summed E-state index contributed by atoms with van der Waals surface area (Å²) in [7, 11) is 0. The van der Waals surface area contributed by atoms with Crippen LogP contribution in [0.25, 0.3) is 0 Å². The Bertz CT molecular complexity index is 496. The second kappa shape index (κ2) is 5.34. The van der Waals surface area contributed by atoms with E-state index in [9.17, 15) is 5.11 Å². The fourth-order valence-electron chi connectivity index (χ4n) is 1.87. The molecule has 1 N–H and O–H groups in total. The molecule has 2 unspecified atom stereocenters. The minimum Gasteiger partial charge on any atom is -0.387 e. The van der Waals surface area contributed by atoms with Gasteiger partial charge in [-0.25, -0.2) is 0 Å². The van der Waals surface area contributed by atoms with Crippen molar-refractivity contribution in [2.24, 2.45) is 0 Å². The van der Waals surface area contributed by atoms with Crippen LogP contribution in [0, 0.1) is 12.3 Å². The molecule has 0 radical (unpaired) electrons. The zero-order valence-corrected chi connectivity index (χ0v) is 9.45. The van der Waals surface area contributed by atoms with E-state index in [2.05, 4.69) is 5.92 Å². The van der Waals surface area contributed by atoms with Crippen molar-refractivity contribution >= 4 is 0 Å². The van der Waals surface area contributed by atoms with Crippen LogP contribution < -0.4 is 0 Å². The van der Waals surface area contributed by atoms with Gasteiger partial charge in [0.2, 0.25) is 0 Å². The van der Waals surface area contributed by atoms with E-state index in [0.717, 1.165) is 11.1 Å². The highest BCUT2D eigenvalue weighted by atomic mass is 16.3. The summed E-state index contributed by atoms with van der Waals surface area (Å²) in [5.41, 5.74) is 1.81. The van der Waals surface area contributed by atoms with Gasteiger partial charge in [-0.2, -0.15) is 0 Å². The first-order valence-electron chi connectivity index (χ1n) is 5.57. The van der Waals surface area contributed by atoms with E-state index in [-0.39, 0.29) is 5.92 Å². The molecule has 2 aromatic carbocycles. The number of aliphatic hydroxyl groups excluding tert-OH is 1. The normalized spacial score (nSPS) is 13.6. The third-order valence-electron chi connectivity index (χ3n) is 2.80. The average molecular weight is 222 g/mol. The molecule has 0 amide bonds. The second-order valence-corrected chi connectivity index (χ2v) is 3.91. The summed E-state index contributed by atoms with van der Waals surface area (Å²) < 4.78 is 0. The van der Waals surface area contributed by atoms with Crippen molar-refractivity contribution in [1.29, 1.82) is 0 Å². The summed E-state index contributed by atoms with van der Waals surface area (Å²) in [5, 5.41) is 10.3. The van der Waals surface area contributed by atoms with Crippen LogP contribution in [0.4, 0.5) is 0 Å². The van der Waals surface area contributed by atoms with Crippen molar-refractivity contribution in [3.05, 3.63) is 71.8 Å². The number of terminal acetylenes is 1. The Hall–Kier alpha value is -2.04. The summed E-state index contributed by atoms with van der Waals surface area (Å²) in [4.78, 5) is 0. The molecule has 2 rings (SSSR count). The maximum atomic E-state index is 10.3. The molecule has 0 spiro atoms. The third kappa shape index (κ3) is 2.55. The van der Waals surface area contributed by atoms with E-state index in [0.29, 0.717) is 0 Å². The summed E-state index contributed by atoms with van der Waals surface area (Å²) in [6.07, 6.45) is 4.87. The lowest BCUT2D eigenvalue weighted by atomic mass is 9.90. The lowest BCUT2D eigenvalue weighted by Crippen LogP contribution is -2.08. The summed E-state index contributed by atoms with van der Waals surface area (Å²) >= 11 is 0. The van der Waals surface area contributed by atoms with Gasteiger partial charge in [-0.05, 0) is 11.1 Å². The number of rotatable bonds is 3. The van der Waals surface area contributed by atoms with Crippen molar-refractivity contribution < 1.29 is 5.11 Å². The Kier molecular flexibility index (Phi) is 3.59. The van der Waals surface area contributed by atoms with E-state index < -0.39 is 6.10 Å². The summed E-state index contributed by atoms with van der Waals surface area (Å²) in [6, 6.07) is 19.2. The van der Waals surface area contributed by atoms with Crippen molar-refractivity contribution in [2.45, 2.75) is 12.0 Å². The quantitative estimate of drug-likeness (QED) is 0.791. The molecule has 1 heteroatoms. The van der Waals surface area contributed by atoms with Crippen molar-refractivity contribution in [3.8, 4) is 12.3 Å². The molecular weight excluding hydrogens is 208 g/mol. The van der Waals surface area contributed by atoms with Gasteiger partial charge in [0.1, 0.15) is 0 Å². The van der Waals surface area contributed by atoms with Crippen LogP contribution in [-0.4, -0.2) is 5.11 Å². The monoisotopic (exact) mass is 222 g/mol. The lowest BCUT2D eigenvalue weighted by Gasteiger charge is -2.18. The second-order valence-electron chi connectivity index (χ2n) is 3.91. The molecule has 0 heterocycles. The first kappa shape index (κ1) is 11.4. The minimum atomic E-state index is -0.663. The van der Waals surface area contributed by atoms with Gasteiger partial charge >= 0.3 is 0 Å². The summed E-state index contributed by atoms with van der Waals surface area (Å²) in [5.74, 6) is 2.36. The Balaban J connectivity index is 2.30. The van der Waals surface area contributed by atoms with Crippen LogP contribution in [0.3, 0.4) is 0 Å². The zero-order chi connectivity index (χ0) is 12.1. The number of hydrogen-bond donors (Lipinski definition) is 1. The SMILES string of the molecule is C#CC(c1ccccc1)C(O)c1ccccc1. The third-order valence-corrected chi connectivity index (χ3v) is 2.80. The highest BCUT2D eigenvalue weighted by Crippen LogP contribution is 2.29. The molecule has 84 valence electrons. The van der Waals surface area contributed by atoms with Gasteiger partial charge in [-0.15, -0.1) is 6.42 Å². The highest BCUT2D eigenvalue weighted by Gasteiger charge is 2.19. The van der Waals surface area contributed by atoms with Crippen molar-refractivity contribution in [3.63, 3.8) is 0 Å². The maximum Gasteiger partial charge on any atom is 0.0968 e. The summed E-state index contributed by atoms with van der Waals surface area (Å²) in [6.45, 7) is 0. The van der Waals surface area contributed by atoms with Gasteiger partial charge in [0, 0.05) is 0 Å². The molecule has 0 bridgehead atoms. The van der Waals surface area contributed by atoms with Crippen LogP contribution in [0.2, 0.25) is 0 Å². The predicted molar refractivity (Wildman–Crippen MR) is 69.4 cm³/mol. The van der Waals surface area contributed by atoms with Gasteiger partial charge in [0.25, 0.3) is 0 Å². The lowest BCUT2D eigenvalue weighted by molar-refractivity contribution is 0.165. The Morgan fingerprint density at radius 2 is 1.29 bits per heavy atom. The van der Waals surface area contributed by atoms with E-state index in [1.165, 1.54) is 0 Å². The Labute approximate surface area is 102 Å². The molecule has 0 aliphatic rings. The fourth-order valence-corrected chi connectivity index (χ4v) is 1.87. The average Bonchev–Trinajstić information content (AvgIpc) is 2.42. The van der Waals surface area contributed by atoms with Gasteiger partial charge in [-0.1, -0.05) is 66.6 Å². The van der Waals surface area contributed by atoms with Crippen LogP contribution in [0.5, 0.6) is 0 Å². The Morgan fingerprint density at radius 1 is 0.824 bits per heavy atom. The molecule has 0 saturated heterocycles. The maximum absolute atomic E-state index is 10.3. The molecule has 0 fully saturated rings. The standard InChI is InChI=1S/C16H14O/c1-2-15(13-9-5-3-6-10-13)16(17)14-11-7-4-8-12-14/h1,3-12,15-17H. The van der Waals surface area contributed by atoms with Crippen LogP contribution in [0.15, 0.2) is 60.7 Å². The predicted octanol–water partition coefficient (Wildman–Crippen LogP) is 3.14. The van der Waals surface area contributed by atoms with Crippen LogP contribution >= 0.6 is 0 Å². The van der Waals surface area contributed by atoms with E-state index >= 15 is 0 Å². The van der Waals surface area contributed by atoms with Crippen molar-refractivity contribution in [2.75, 3.05) is 0 Å². The van der Waals surface area contributed by atoms with E-state index in [1.807, 2.05) is 60.7 Å². The smallest absolute Gasteiger partial charge is 0.0968 e. The number of aliphatic hydroxyl groups is 1. The van der Waals surface area contributed by atoms with Gasteiger partial charge < -0.3 is 5.11 Å². The molecule has 0 saturated carbocycles. The molecule has 17 heavy (non-hydrogen) atoms. The van der Waals surface area contributed by atoms with Crippen LogP contribution in [-0.2, 0) is 0 Å². The van der Waals surface area contributed by atoms with Gasteiger partial charge in [0.05, 0.1) is 12.0 Å². The van der Waals surface area contributed by atoms with Crippen LogP contribution in [0.1, 0.15) is 23.1 Å². The molecule has 1 nitrogen and oxygen atoms in total. The van der Waals surface area contributed by atoms with E-state index in [4.69, 9.17) is 6.42 Å². The first-order chi connectivity index (χ1) is 8.33. The zero-order valence-electron chi connectivity index (χ0n) is 9.45. The highest BCUT2D eigenvalue weighted by molar-refractivity contribution is 5.32. The Morgan fingerprint density at radius 3 is 1.76 bits per heavy atom. The molecule has 0 aromatic heterocycles. The molecular formula is C16H14O. The molecule has 0 aliphatic carbocycles. The topological polar surface area (TPSA) is 20.2 Å². The first-order valence-corrected chi connectivity index (χ1v) is 5.57. The van der Waals surface area contributed by atoms with Gasteiger partial charge in [-0.3, -0.25) is 0 Å². The largest absolute Gasteiger partial charge is 0.387 e. The number of benzene rings is 2. The van der Waals surface area contributed by atoms with Gasteiger partial charge in [0.15, 0.2) is 0 Å². The van der Waals surface area contributed by atoms with E-state index in [1.54, 1.807) is 0 Å². The minimum absolute atomic E-state index is 0.307. The molecule has 0 aliphatic heterocycles. The fraction of sp³-hybridized carbons (Fsp3) is 0.125. The molecule has 2 atom stereocenters.